The van der Waals surface area contributed by atoms with Crippen LogP contribution < -0.4 is 10.6 Å². The molecule has 1 aromatic carbocycles. The zero-order chi connectivity index (χ0) is 16.7. The fraction of sp³-hybridized carbons (Fsp3) is 0.471. The molecule has 2 rings (SSSR count). The lowest BCUT2D eigenvalue weighted by Gasteiger charge is -2.36. The number of alkyl halides is 1. The van der Waals surface area contributed by atoms with Gasteiger partial charge in [-0.3, -0.25) is 9.59 Å². The van der Waals surface area contributed by atoms with E-state index in [-0.39, 0.29) is 18.4 Å². The highest BCUT2D eigenvalue weighted by Gasteiger charge is 2.40. The van der Waals surface area contributed by atoms with Crippen LogP contribution in [0.5, 0.6) is 0 Å². The zero-order valence-electron chi connectivity index (χ0n) is 12.9. The molecule has 2 N–H and O–H groups in total. The van der Waals surface area contributed by atoms with E-state index >= 15 is 0 Å². The molecule has 0 heterocycles. The van der Waals surface area contributed by atoms with E-state index in [4.69, 9.17) is 5.26 Å². The van der Waals surface area contributed by atoms with Crippen molar-refractivity contribution >= 4 is 27.7 Å². The number of nitriles is 1. The van der Waals surface area contributed by atoms with Crippen molar-refractivity contribution in [2.24, 2.45) is 0 Å². The lowest BCUT2D eigenvalue weighted by atomic mass is 9.80. The van der Waals surface area contributed by atoms with Gasteiger partial charge in [0.25, 0.3) is 5.91 Å². The molecule has 1 aromatic rings. The SMILES string of the molecule is N#CCNC(=O)C1(NC(=O)c2ccc(CBr)cc2)CCCCC1. The van der Waals surface area contributed by atoms with Crippen LogP contribution in [0.25, 0.3) is 0 Å². The maximum atomic E-state index is 12.5. The van der Waals surface area contributed by atoms with Crippen molar-refractivity contribution in [1.82, 2.24) is 10.6 Å². The van der Waals surface area contributed by atoms with Crippen molar-refractivity contribution in [3.63, 3.8) is 0 Å². The Kier molecular flexibility index (Phi) is 6.17. The summed E-state index contributed by atoms with van der Waals surface area (Å²) in [6.07, 6.45) is 4.06. The highest BCUT2D eigenvalue weighted by Crippen LogP contribution is 2.29. The molecular formula is C17H20BrN3O2. The van der Waals surface area contributed by atoms with Gasteiger partial charge >= 0.3 is 0 Å². The van der Waals surface area contributed by atoms with E-state index in [2.05, 4.69) is 26.6 Å². The third-order valence-electron chi connectivity index (χ3n) is 4.19. The van der Waals surface area contributed by atoms with Crippen LogP contribution >= 0.6 is 15.9 Å². The molecule has 23 heavy (non-hydrogen) atoms. The van der Waals surface area contributed by atoms with Crippen LogP contribution in [0.15, 0.2) is 24.3 Å². The summed E-state index contributed by atoms with van der Waals surface area (Å²) >= 11 is 3.37. The fourth-order valence-electron chi connectivity index (χ4n) is 2.89. The predicted molar refractivity (Wildman–Crippen MR) is 91.0 cm³/mol. The Bertz CT molecular complexity index is 601. The van der Waals surface area contributed by atoms with Crippen LogP contribution in [0.2, 0.25) is 0 Å². The van der Waals surface area contributed by atoms with Crippen molar-refractivity contribution in [3.05, 3.63) is 35.4 Å². The Labute approximate surface area is 144 Å². The summed E-state index contributed by atoms with van der Waals surface area (Å²) in [7, 11) is 0. The minimum Gasteiger partial charge on any atom is -0.341 e. The predicted octanol–water partition coefficient (Wildman–Crippen LogP) is 2.65. The topological polar surface area (TPSA) is 82.0 Å². The summed E-state index contributed by atoms with van der Waals surface area (Å²) in [5, 5.41) is 14.9. The Morgan fingerprint density at radius 1 is 1.17 bits per heavy atom. The minimum atomic E-state index is -0.903. The molecule has 0 spiro atoms. The molecule has 122 valence electrons. The van der Waals surface area contributed by atoms with Gasteiger partial charge in [0.2, 0.25) is 5.91 Å². The van der Waals surface area contributed by atoms with Crippen molar-refractivity contribution in [1.29, 1.82) is 5.26 Å². The Balaban J connectivity index is 2.14. The molecular weight excluding hydrogens is 358 g/mol. The van der Waals surface area contributed by atoms with Gasteiger partial charge in [-0.2, -0.15) is 5.26 Å². The second-order valence-electron chi connectivity index (χ2n) is 5.77. The van der Waals surface area contributed by atoms with Crippen molar-refractivity contribution < 1.29 is 9.59 Å². The summed E-state index contributed by atoms with van der Waals surface area (Å²) in [5.74, 6) is -0.510. The van der Waals surface area contributed by atoms with Gasteiger partial charge in [0.1, 0.15) is 12.1 Å². The van der Waals surface area contributed by atoms with E-state index in [9.17, 15) is 9.59 Å². The molecule has 2 amide bonds. The summed E-state index contributed by atoms with van der Waals surface area (Å²) in [6, 6.07) is 9.19. The molecule has 0 aromatic heterocycles. The van der Waals surface area contributed by atoms with E-state index in [1.54, 1.807) is 12.1 Å². The molecule has 1 aliphatic rings. The van der Waals surface area contributed by atoms with Crippen molar-refractivity contribution in [2.45, 2.75) is 43.0 Å². The van der Waals surface area contributed by atoms with Crippen LogP contribution in [0.3, 0.4) is 0 Å². The van der Waals surface area contributed by atoms with E-state index in [1.165, 1.54) is 0 Å². The Morgan fingerprint density at radius 3 is 2.39 bits per heavy atom. The average Bonchev–Trinajstić information content (AvgIpc) is 2.60. The largest absolute Gasteiger partial charge is 0.341 e. The lowest BCUT2D eigenvalue weighted by Crippen LogP contribution is -2.59. The number of hydrogen-bond acceptors (Lipinski definition) is 3. The molecule has 1 aliphatic carbocycles. The summed E-state index contributed by atoms with van der Waals surface area (Å²) in [6.45, 7) is -0.0452. The standard InChI is InChI=1S/C17H20BrN3O2/c18-12-13-4-6-14(7-5-13)15(22)21-17(8-2-1-3-9-17)16(23)20-11-10-19/h4-7H,1-3,8-9,11-12H2,(H,20,23)(H,21,22). The van der Waals surface area contributed by atoms with E-state index < -0.39 is 5.54 Å². The monoisotopic (exact) mass is 377 g/mol. The molecule has 0 aliphatic heterocycles. The third kappa shape index (κ3) is 4.32. The second-order valence-corrected chi connectivity index (χ2v) is 6.33. The maximum absolute atomic E-state index is 12.5. The molecule has 0 bridgehead atoms. The van der Waals surface area contributed by atoms with Crippen molar-refractivity contribution in [2.75, 3.05) is 6.54 Å². The van der Waals surface area contributed by atoms with Gasteiger partial charge in [-0.15, -0.1) is 0 Å². The first kappa shape index (κ1) is 17.5. The number of nitrogens with zero attached hydrogens (tertiary/aromatic N) is 1. The number of hydrogen-bond donors (Lipinski definition) is 2. The number of halogens is 1. The van der Waals surface area contributed by atoms with Crippen LogP contribution in [0.1, 0.15) is 48.0 Å². The quantitative estimate of drug-likeness (QED) is 0.611. The fourth-order valence-corrected chi connectivity index (χ4v) is 3.26. The smallest absolute Gasteiger partial charge is 0.252 e. The third-order valence-corrected chi connectivity index (χ3v) is 4.84. The first-order valence-electron chi connectivity index (χ1n) is 7.74. The molecule has 6 heteroatoms. The molecule has 5 nitrogen and oxygen atoms in total. The maximum Gasteiger partial charge on any atom is 0.252 e. The Morgan fingerprint density at radius 2 is 1.83 bits per heavy atom. The normalized spacial score (nSPS) is 16.2. The summed E-state index contributed by atoms with van der Waals surface area (Å²) in [4.78, 5) is 25.0. The number of amides is 2. The highest BCUT2D eigenvalue weighted by atomic mass is 79.9. The first-order chi connectivity index (χ1) is 11.1. The van der Waals surface area contributed by atoms with Gasteiger partial charge in [0.15, 0.2) is 0 Å². The Hall–Kier alpha value is -1.87. The molecule has 0 radical (unpaired) electrons. The average molecular weight is 378 g/mol. The number of rotatable bonds is 5. The number of carbonyl (C=O) groups excluding carboxylic acids is 2. The van der Waals surface area contributed by atoms with Gasteiger partial charge in [-0.1, -0.05) is 47.3 Å². The molecule has 0 saturated heterocycles. The van der Waals surface area contributed by atoms with E-state index in [1.807, 2.05) is 18.2 Å². The summed E-state index contributed by atoms with van der Waals surface area (Å²) in [5.41, 5.74) is 0.716. The summed E-state index contributed by atoms with van der Waals surface area (Å²) < 4.78 is 0. The molecule has 0 atom stereocenters. The number of nitrogens with one attached hydrogen (secondary N) is 2. The molecule has 0 unspecified atom stereocenters. The van der Waals surface area contributed by atoms with Crippen molar-refractivity contribution in [3.8, 4) is 6.07 Å². The number of carbonyl (C=O) groups is 2. The van der Waals surface area contributed by atoms with Gasteiger partial charge in [0.05, 0.1) is 6.07 Å². The first-order valence-corrected chi connectivity index (χ1v) is 8.86. The zero-order valence-corrected chi connectivity index (χ0v) is 14.5. The lowest BCUT2D eigenvalue weighted by molar-refractivity contribution is -0.128. The van der Waals surface area contributed by atoms with Gasteiger partial charge in [0, 0.05) is 10.9 Å². The number of benzene rings is 1. The van der Waals surface area contributed by atoms with Gasteiger partial charge in [-0.05, 0) is 30.5 Å². The van der Waals surface area contributed by atoms with Crippen LogP contribution in [-0.4, -0.2) is 23.9 Å². The van der Waals surface area contributed by atoms with Gasteiger partial charge in [-0.25, -0.2) is 0 Å². The van der Waals surface area contributed by atoms with Crippen LogP contribution in [-0.2, 0) is 10.1 Å². The molecule has 1 fully saturated rings. The highest BCUT2D eigenvalue weighted by molar-refractivity contribution is 9.08. The van der Waals surface area contributed by atoms with Crippen LogP contribution in [0, 0.1) is 11.3 Å². The minimum absolute atomic E-state index is 0.0452. The van der Waals surface area contributed by atoms with E-state index in [0.29, 0.717) is 18.4 Å². The van der Waals surface area contributed by atoms with Crippen LogP contribution in [0.4, 0.5) is 0 Å². The van der Waals surface area contributed by atoms with E-state index in [0.717, 1.165) is 30.2 Å². The second kappa shape index (κ2) is 8.11. The van der Waals surface area contributed by atoms with Gasteiger partial charge < -0.3 is 10.6 Å². The molecule has 1 saturated carbocycles.